The predicted molar refractivity (Wildman–Crippen MR) is 106 cm³/mol. The molecular formula is C23H19FN2O2. The molecule has 1 N–H and O–H groups in total. The van der Waals surface area contributed by atoms with Gasteiger partial charge in [-0.2, -0.15) is 0 Å². The number of nitrogens with one attached hydrogen (secondary N) is 1. The molecule has 28 heavy (non-hydrogen) atoms. The summed E-state index contributed by atoms with van der Waals surface area (Å²) in [4.78, 5) is 12.8. The van der Waals surface area contributed by atoms with Crippen molar-refractivity contribution >= 4 is 5.91 Å². The van der Waals surface area contributed by atoms with Gasteiger partial charge in [-0.15, -0.1) is 0 Å². The van der Waals surface area contributed by atoms with Crippen LogP contribution in [-0.2, 0) is 6.54 Å². The van der Waals surface area contributed by atoms with E-state index in [1.807, 2.05) is 54.0 Å². The van der Waals surface area contributed by atoms with Gasteiger partial charge in [-0.25, -0.2) is 4.39 Å². The molecule has 5 heteroatoms. The van der Waals surface area contributed by atoms with Crippen LogP contribution in [0.2, 0.25) is 0 Å². The van der Waals surface area contributed by atoms with Crippen LogP contribution in [0.1, 0.15) is 21.8 Å². The van der Waals surface area contributed by atoms with Gasteiger partial charge in [0.15, 0.2) is 0 Å². The maximum atomic E-state index is 13.4. The van der Waals surface area contributed by atoms with E-state index in [4.69, 9.17) is 4.42 Å². The predicted octanol–water partition coefficient (Wildman–Crippen LogP) is 5.11. The minimum atomic E-state index is -0.300. The second-order valence-corrected chi connectivity index (χ2v) is 6.47. The number of hydrogen-bond acceptors (Lipinski definition) is 2. The van der Waals surface area contributed by atoms with Crippen molar-refractivity contribution in [1.82, 2.24) is 9.88 Å². The normalized spacial score (nSPS) is 10.8. The third kappa shape index (κ3) is 3.47. The quantitative estimate of drug-likeness (QED) is 0.527. The van der Waals surface area contributed by atoms with E-state index in [0.717, 1.165) is 22.6 Å². The first-order chi connectivity index (χ1) is 13.6. The molecule has 0 radical (unpaired) electrons. The van der Waals surface area contributed by atoms with Crippen molar-refractivity contribution in [3.05, 3.63) is 102 Å². The first-order valence-corrected chi connectivity index (χ1v) is 8.98. The van der Waals surface area contributed by atoms with Crippen molar-refractivity contribution in [1.29, 1.82) is 0 Å². The highest BCUT2D eigenvalue weighted by Crippen LogP contribution is 2.29. The fraction of sp³-hybridized carbons (Fsp3) is 0.0870. The van der Waals surface area contributed by atoms with Gasteiger partial charge in [0.25, 0.3) is 5.91 Å². The Labute approximate surface area is 162 Å². The highest BCUT2D eigenvalue weighted by Gasteiger charge is 2.19. The molecule has 0 aliphatic rings. The van der Waals surface area contributed by atoms with Crippen LogP contribution >= 0.6 is 0 Å². The topological polar surface area (TPSA) is 47.2 Å². The molecule has 2 heterocycles. The summed E-state index contributed by atoms with van der Waals surface area (Å²) in [5.74, 6) is 0.199. The van der Waals surface area contributed by atoms with Crippen LogP contribution in [0.15, 0.2) is 83.5 Å². The van der Waals surface area contributed by atoms with Gasteiger partial charge >= 0.3 is 0 Å². The Balaban J connectivity index is 1.75. The molecule has 0 atom stereocenters. The van der Waals surface area contributed by atoms with Crippen molar-refractivity contribution in [2.45, 2.75) is 13.5 Å². The first-order valence-electron chi connectivity index (χ1n) is 8.98. The van der Waals surface area contributed by atoms with E-state index in [0.29, 0.717) is 17.9 Å². The number of benzene rings is 2. The van der Waals surface area contributed by atoms with Crippen LogP contribution < -0.4 is 5.32 Å². The molecule has 0 saturated carbocycles. The van der Waals surface area contributed by atoms with Gasteiger partial charge in [0, 0.05) is 11.4 Å². The Morgan fingerprint density at radius 1 is 1.04 bits per heavy atom. The van der Waals surface area contributed by atoms with Crippen LogP contribution in [0.5, 0.6) is 0 Å². The summed E-state index contributed by atoms with van der Waals surface area (Å²) in [5.41, 5.74) is 3.98. The van der Waals surface area contributed by atoms with E-state index in [1.165, 1.54) is 12.1 Å². The molecule has 140 valence electrons. The fourth-order valence-corrected chi connectivity index (χ4v) is 3.26. The minimum Gasteiger partial charge on any atom is -0.467 e. The van der Waals surface area contributed by atoms with Crippen molar-refractivity contribution in [3.63, 3.8) is 0 Å². The number of hydrogen-bond donors (Lipinski definition) is 1. The maximum Gasteiger partial charge on any atom is 0.253 e. The number of rotatable bonds is 5. The average Bonchev–Trinajstić information content (AvgIpc) is 3.35. The van der Waals surface area contributed by atoms with Crippen LogP contribution in [0.3, 0.4) is 0 Å². The van der Waals surface area contributed by atoms with Gasteiger partial charge in [-0.3, -0.25) is 4.79 Å². The minimum absolute atomic E-state index is 0.188. The van der Waals surface area contributed by atoms with Crippen LogP contribution in [0, 0.1) is 12.7 Å². The van der Waals surface area contributed by atoms with Gasteiger partial charge in [-0.05, 0) is 55.0 Å². The highest BCUT2D eigenvalue weighted by molar-refractivity contribution is 5.97. The number of carbonyl (C=O) groups is 1. The zero-order valence-corrected chi connectivity index (χ0v) is 15.4. The van der Waals surface area contributed by atoms with E-state index in [9.17, 15) is 9.18 Å². The van der Waals surface area contributed by atoms with Gasteiger partial charge in [-0.1, -0.05) is 30.3 Å². The van der Waals surface area contributed by atoms with Crippen LogP contribution in [0.4, 0.5) is 4.39 Å². The van der Waals surface area contributed by atoms with Crippen molar-refractivity contribution in [2.75, 3.05) is 0 Å². The van der Waals surface area contributed by atoms with Gasteiger partial charge < -0.3 is 14.3 Å². The lowest BCUT2D eigenvalue weighted by atomic mass is 10.1. The summed E-state index contributed by atoms with van der Waals surface area (Å²) in [6, 6.07) is 21.5. The molecule has 2 aromatic heterocycles. The molecule has 1 amide bonds. The van der Waals surface area contributed by atoms with Crippen LogP contribution in [0.25, 0.3) is 16.9 Å². The van der Waals surface area contributed by atoms with Gasteiger partial charge in [0.2, 0.25) is 0 Å². The lowest BCUT2D eigenvalue weighted by Crippen LogP contribution is -2.23. The van der Waals surface area contributed by atoms with Gasteiger partial charge in [0.05, 0.1) is 24.1 Å². The average molecular weight is 374 g/mol. The SMILES string of the molecule is Cc1c(C(=O)NCc2ccco2)cc(-c2ccccc2)n1-c1ccc(F)cc1. The molecule has 4 rings (SSSR count). The summed E-state index contributed by atoms with van der Waals surface area (Å²) >= 11 is 0. The number of carbonyl (C=O) groups excluding carboxylic acids is 1. The Morgan fingerprint density at radius 2 is 1.79 bits per heavy atom. The molecule has 2 aromatic carbocycles. The van der Waals surface area contributed by atoms with E-state index < -0.39 is 0 Å². The van der Waals surface area contributed by atoms with Crippen molar-refractivity contribution in [2.24, 2.45) is 0 Å². The lowest BCUT2D eigenvalue weighted by Gasteiger charge is -2.12. The summed E-state index contributed by atoms with van der Waals surface area (Å²) in [7, 11) is 0. The van der Waals surface area contributed by atoms with E-state index in [-0.39, 0.29) is 11.7 Å². The molecule has 0 fully saturated rings. The first kappa shape index (κ1) is 17.8. The van der Waals surface area contributed by atoms with E-state index in [2.05, 4.69) is 5.32 Å². The summed E-state index contributed by atoms with van der Waals surface area (Å²) in [5, 5.41) is 2.89. The fourth-order valence-electron chi connectivity index (χ4n) is 3.26. The molecule has 0 spiro atoms. The third-order valence-corrected chi connectivity index (χ3v) is 4.65. The van der Waals surface area contributed by atoms with E-state index >= 15 is 0 Å². The lowest BCUT2D eigenvalue weighted by molar-refractivity contribution is 0.0947. The molecule has 0 saturated heterocycles. The molecule has 0 unspecified atom stereocenters. The second kappa shape index (κ2) is 7.56. The molecule has 0 bridgehead atoms. The molecule has 4 nitrogen and oxygen atoms in total. The smallest absolute Gasteiger partial charge is 0.253 e. The number of furan rings is 1. The Bertz CT molecular complexity index is 1080. The zero-order valence-electron chi connectivity index (χ0n) is 15.4. The number of aromatic nitrogens is 1. The monoisotopic (exact) mass is 374 g/mol. The highest BCUT2D eigenvalue weighted by atomic mass is 19.1. The van der Waals surface area contributed by atoms with Crippen molar-refractivity contribution < 1.29 is 13.6 Å². The number of amides is 1. The standard InChI is InChI=1S/C23H19FN2O2/c1-16-21(23(27)25-15-20-8-5-13-28-20)14-22(17-6-3-2-4-7-17)26(16)19-11-9-18(24)10-12-19/h2-14H,15H2,1H3,(H,25,27). The van der Waals surface area contributed by atoms with Crippen molar-refractivity contribution in [3.8, 4) is 16.9 Å². The zero-order chi connectivity index (χ0) is 19.5. The molecule has 4 aromatic rings. The number of halogens is 1. The maximum absolute atomic E-state index is 13.4. The molecular weight excluding hydrogens is 355 g/mol. The third-order valence-electron chi connectivity index (χ3n) is 4.65. The summed E-state index contributed by atoms with van der Waals surface area (Å²) < 4.78 is 20.7. The Kier molecular flexibility index (Phi) is 4.81. The summed E-state index contributed by atoms with van der Waals surface area (Å²) in [6.45, 7) is 2.20. The Hall–Kier alpha value is -3.60. The molecule has 0 aliphatic heterocycles. The summed E-state index contributed by atoms with van der Waals surface area (Å²) in [6.07, 6.45) is 1.57. The Morgan fingerprint density at radius 3 is 2.46 bits per heavy atom. The largest absolute Gasteiger partial charge is 0.467 e. The second-order valence-electron chi connectivity index (χ2n) is 6.47. The molecule has 0 aliphatic carbocycles. The van der Waals surface area contributed by atoms with Crippen LogP contribution in [-0.4, -0.2) is 10.5 Å². The number of nitrogens with zero attached hydrogens (tertiary/aromatic N) is 1. The van der Waals surface area contributed by atoms with E-state index in [1.54, 1.807) is 24.5 Å². The van der Waals surface area contributed by atoms with Gasteiger partial charge in [0.1, 0.15) is 11.6 Å².